The van der Waals surface area contributed by atoms with Gasteiger partial charge in [0.05, 0.1) is 14.2 Å². The zero-order valence-corrected chi connectivity index (χ0v) is 12.1. The number of amides is 1. The Hall–Kier alpha value is -1.23. The smallest absolute Gasteiger partial charge is 0.261 e. The van der Waals surface area contributed by atoms with E-state index in [1.54, 1.807) is 26.4 Å². The highest BCUT2D eigenvalue weighted by atomic mass is 79.9. The molecule has 2 rings (SSSR count). The average molecular weight is 314 g/mol. The van der Waals surface area contributed by atoms with Gasteiger partial charge in [0.15, 0.2) is 0 Å². The fourth-order valence-electron chi connectivity index (χ4n) is 2.12. The lowest BCUT2D eigenvalue weighted by molar-refractivity contribution is 0.0786. The van der Waals surface area contributed by atoms with Crippen LogP contribution in [0, 0.1) is 0 Å². The summed E-state index contributed by atoms with van der Waals surface area (Å²) in [6.45, 7) is 1.48. The first-order chi connectivity index (χ1) is 8.67. The second-order valence-corrected chi connectivity index (χ2v) is 5.47. The van der Waals surface area contributed by atoms with Gasteiger partial charge in [0, 0.05) is 17.9 Å². The lowest BCUT2D eigenvalue weighted by atomic mass is 10.1. The lowest BCUT2D eigenvalue weighted by Gasteiger charge is -2.19. The molecular formula is C13H16BrNO3. The molecular weight excluding hydrogens is 298 g/mol. The summed E-state index contributed by atoms with van der Waals surface area (Å²) in [7, 11) is 3.12. The summed E-state index contributed by atoms with van der Waals surface area (Å²) < 4.78 is 10.5. The van der Waals surface area contributed by atoms with Crippen LogP contribution in [0.1, 0.15) is 16.8 Å². The third-order valence-corrected chi connectivity index (χ3v) is 3.81. The maximum Gasteiger partial charge on any atom is 0.261 e. The van der Waals surface area contributed by atoms with E-state index >= 15 is 0 Å². The summed E-state index contributed by atoms with van der Waals surface area (Å²) in [5, 5.41) is 0. The number of likely N-dealkylation sites (tertiary alicyclic amines) is 1. The van der Waals surface area contributed by atoms with Crippen molar-refractivity contribution in [2.45, 2.75) is 11.2 Å². The van der Waals surface area contributed by atoms with Crippen LogP contribution in [0.15, 0.2) is 18.2 Å². The van der Waals surface area contributed by atoms with Gasteiger partial charge >= 0.3 is 0 Å². The van der Waals surface area contributed by atoms with Crippen molar-refractivity contribution in [1.29, 1.82) is 0 Å². The van der Waals surface area contributed by atoms with Gasteiger partial charge < -0.3 is 14.4 Å². The van der Waals surface area contributed by atoms with Gasteiger partial charge in [-0.1, -0.05) is 22.0 Å². The summed E-state index contributed by atoms with van der Waals surface area (Å²) in [6.07, 6.45) is 0.975. The van der Waals surface area contributed by atoms with E-state index in [1.807, 2.05) is 11.0 Å². The molecule has 1 aliphatic rings. The van der Waals surface area contributed by atoms with Crippen molar-refractivity contribution in [3.8, 4) is 11.5 Å². The molecule has 1 aromatic rings. The first-order valence-corrected chi connectivity index (χ1v) is 6.73. The summed E-state index contributed by atoms with van der Waals surface area (Å²) in [4.78, 5) is 14.7. The van der Waals surface area contributed by atoms with E-state index in [-0.39, 0.29) is 5.91 Å². The molecule has 0 radical (unpaired) electrons. The van der Waals surface area contributed by atoms with Crippen molar-refractivity contribution < 1.29 is 14.3 Å². The van der Waals surface area contributed by atoms with Gasteiger partial charge in [-0.2, -0.15) is 0 Å². The molecule has 0 spiro atoms. The average Bonchev–Trinajstić information content (AvgIpc) is 2.83. The first-order valence-electron chi connectivity index (χ1n) is 5.81. The van der Waals surface area contributed by atoms with Crippen LogP contribution in [0.25, 0.3) is 0 Å². The largest absolute Gasteiger partial charge is 0.496 e. The molecule has 1 fully saturated rings. The monoisotopic (exact) mass is 313 g/mol. The van der Waals surface area contributed by atoms with Gasteiger partial charge in [-0.3, -0.25) is 4.79 Å². The molecule has 1 unspecified atom stereocenters. The second-order valence-electron chi connectivity index (χ2n) is 4.17. The molecule has 1 aliphatic heterocycles. The van der Waals surface area contributed by atoms with Gasteiger partial charge in [0.2, 0.25) is 0 Å². The number of hydrogen-bond acceptors (Lipinski definition) is 3. The Balaban J connectivity index is 2.34. The molecule has 5 heteroatoms. The molecule has 0 N–H and O–H groups in total. The maximum absolute atomic E-state index is 12.5. The normalized spacial score (nSPS) is 18.8. The second kappa shape index (κ2) is 5.61. The highest BCUT2D eigenvalue weighted by Gasteiger charge is 2.29. The molecule has 0 aliphatic carbocycles. The fourth-order valence-corrected chi connectivity index (χ4v) is 2.68. The lowest BCUT2D eigenvalue weighted by Crippen LogP contribution is -2.29. The van der Waals surface area contributed by atoms with Crippen LogP contribution in [0.2, 0.25) is 0 Å². The van der Waals surface area contributed by atoms with E-state index < -0.39 is 0 Å². The molecule has 0 bridgehead atoms. The molecule has 1 atom stereocenters. The molecule has 98 valence electrons. The number of hydrogen-bond donors (Lipinski definition) is 0. The van der Waals surface area contributed by atoms with Crippen LogP contribution in [0.4, 0.5) is 0 Å². The van der Waals surface area contributed by atoms with E-state index in [4.69, 9.17) is 9.47 Å². The van der Waals surface area contributed by atoms with E-state index in [2.05, 4.69) is 15.9 Å². The zero-order chi connectivity index (χ0) is 13.1. The Morgan fingerprint density at radius 1 is 1.33 bits per heavy atom. The van der Waals surface area contributed by atoms with Crippen molar-refractivity contribution in [3.05, 3.63) is 23.8 Å². The topological polar surface area (TPSA) is 38.8 Å². The molecule has 4 nitrogen and oxygen atoms in total. The summed E-state index contributed by atoms with van der Waals surface area (Å²) >= 11 is 3.53. The van der Waals surface area contributed by atoms with E-state index in [0.717, 1.165) is 19.5 Å². The predicted molar refractivity (Wildman–Crippen MR) is 72.8 cm³/mol. The number of benzene rings is 1. The van der Waals surface area contributed by atoms with Gasteiger partial charge in [-0.15, -0.1) is 0 Å². The third kappa shape index (κ3) is 2.46. The minimum absolute atomic E-state index is 0.0359. The van der Waals surface area contributed by atoms with Gasteiger partial charge in [-0.05, 0) is 18.6 Å². The Morgan fingerprint density at radius 2 is 1.94 bits per heavy atom. The summed E-state index contributed by atoms with van der Waals surface area (Å²) in [5.74, 6) is 1.07. The quantitative estimate of drug-likeness (QED) is 0.804. The van der Waals surface area contributed by atoms with E-state index in [9.17, 15) is 4.79 Å². The molecule has 18 heavy (non-hydrogen) atoms. The molecule has 1 heterocycles. The number of carbonyl (C=O) groups excluding carboxylic acids is 1. The fraction of sp³-hybridized carbons (Fsp3) is 0.462. The van der Waals surface area contributed by atoms with Crippen molar-refractivity contribution in [1.82, 2.24) is 4.90 Å². The Morgan fingerprint density at radius 3 is 2.39 bits per heavy atom. The molecule has 1 saturated heterocycles. The van der Waals surface area contributed by atoms with Crippen LogP contribution < -0.4 is 9.47 Å². The van der Waals surface area contributed by atoms with Crippen molar-refractivity contribution in [3.63, 3.8) is 0 Å². The number of carbonyl (C=O) groups is 1. The van der Waals surface area contributed by atoms with Gasteiger partial charge in [0.25, 0.3) is 5.91 Å². The number of alkyl halides is 1. The zero-order valence-electron chi connectivity index (χ0n) is 10.5. The number of methoxy groups -OCH3 is 2. The standard InChI is InChI=1S/C13H16BrNO3/c1-17-10-4-3-5-11(18-2)12(10)13(16)15-7-6-9(14)8-15/h3-5,9H,6-8H2,1-2H3. The molecule has 1 amide bonds. The van der Waals surface area contributed by atoms with Crippen LogP contribution >= 0.6 is 15.9 Å². The third-order valence-electron chi connectivity index (χ3n) is 3.06. The Labute approximate surface area is 115 Å². The summed E-state index contributed by atoms with van der Waals surface area (Å²) in [5.41, 5.74) is 0.504. The first kappa shape index (κ1) is 13.2. The van der Waals surface area contributed by atoms with Crippen LogP contribution in [0.3, 0.4) is 0 Å². The van der Waals surface area contributed by atoms with Crippen molar-refractivity contribution in [2.24, 2.45) is 0 Å². The van der Waals surface area contributed by atoms with Crippen molar-refractivity contribution >= 4 is 21.8 Å². The highest BCUT2D eigenvalue weighted by Crippen LogP contribution is 2.31. The number of nitrogens with zero attached hydrogens (tertiary/aromatic N) is 1. The van der Waals surface area contributed by atoms with Crippen molar-refractivity contribution in [2.75, 3.05) is 27.3 Å². The maximum atomic E-state index is 12.5. The highest BCUT2D eigenvalue weighted by molar-refractivity contribution is 9.09. The van der Waals surface area contributed by atoms with E-state index in [0.29, 0.717) is 21.9 Å². The Kier molecular flexibility index (Phi) is 4.11. The Bertz CT molecular complexity index is 428. The SMILES string of the molecule is COc1cccc(OC)c1C(=O)N1CCC(Br)C1. The van der Waals surface area contributed by atoms with Crippen LogP contribution in [-0.4, -0.2) is 42.9 Å². The number of halogens is 1. The minimum Gasteiger partial charge on any atom is -0.496 e. The minimum atomic E-state index is -0.0359. The molecule has 0 saturated carbocycles. The van der Waals surface area contributed by atoms with Crippen LogP contribution in [0.5, 0.6) is 11.5 Å². The molecule has 0 aromatic heterocycles. The predicted octanol–water partition coefficient (Wildman–Crippen LogP) is 2.31. The number of rotatable bonds is 3. The van der Waals surface area contributed by atoms with Gasteiger partial charge in [-0.25, -0.2) is 0 Å². The molecule has 1 aromatic carbocycles. The van der Waals surface area contributed by atoms with Gasteiger partial charge in [0.1, 0.15) is 17.1 Å². The number of ether oxygens (including phenoxy) is 2. The summed E-state index contributed by atoms with van der Waals surface area (Å²) in [6, 6.07) is 5.36. The van der Waals surface area contributed by atoms with E-state index in [1.165, 1.54) is 0 Å². The van der Waals surface area contributed by atoms with Crippen LogP contribution in [-0.2, 0) is 0 Å².